The predicted molar refractivity (Wildman–Crippen MR) is 133 cm³/mol. The topological polar surface area (TPSA) is 96.6 Å². The number of furan rings is 1. The molecule has 35 heavy (non-hydrogen) atoms. The van der Waals surface area contributed by atoms with Gasteiger partial charge in [0.25, 0.3) is 5.91 Å². The van der Waals surface area contributed by atoms with Gasteiger partial charge in [0.1, 0.15) is 17.2 Å². The van der Waals surface area contributed by atoms with E-state index in [9.17, 15) is 19.5 Å². The summed E-state index contributed by atoms with van der Waals surface area (Å²) >= 11 is 0. The Morgan fingerprint density at radius 1 is 0.714 bits per heavy atom. The summed E-state index contributed by atoms with van der Waals surface area (Å²) < 4.78 is 5.78. The fourth-order valence-corrected chi connectivity index (χ4v) is 4.09. The van der Waals surface area contributed by atoms with Gasteiger partial charge < -0.3 is 14.8 Å². The number of Topliss-reactive ketones (excluding diaryl/α,β-unsaturated/α-hetero) is 1. The Balaban J connectivity index is 1.32. The third kappa shape index (κ3) is 4.54. The van der Waals surface area contributed by atoms with Crippen molar-refractivity contribution in [1.82, 2.24) is 5.32 Å². The highest BCUT2D eigenvalue weighted by Crippen LogP contribution is 2.29. The van der Waals surface area contributed by atoms with Gasteiger partial charge >= 0.3 is 5.97 Å². The van der Waals surface area contributed by atoms with Gasteiger partial charge in [-0.3, -0.25) is 9.59 Å². The van der Waals surface area contributed by atoms with Gasteiger partial charge in [-0.1, -0.05) is 60.7 Å². The summed E-state index contributed by atoms with van der Waals surface area (Å²) in [6.07, 6.45) is -0.371. The molecule has 6 heteroatoms. The largest absolute Gasteiger partial charge is 0.480 e. The number of hydrogen-bond donors (Lipinski definition) is 2. The molecule has 2 N–H and O–H groups in total. The fraction of sp³-hybridized carbons (Fsp3) is 0.0690. The Morgan fingerprint density at radius 3 is 2.09 bits per heavy atom. The molecule has 0 spiro atoms. The van der Waals surface area contributed by atoms with Crippen molar-refractivity contribution in [3.8, 4) is 11.1 Å². The van der Waals surface area contributed by atoms with Gasteiger partial charge in [-0.25, -0.2) is 4.79 Å². The zero-order valence-corrected chi connectivity index (χ0v) is 18.6. The lowest BCUT2D eigenvalue weighted by Gasteiger charge is -2.14. The summed E-state index contributed by atoms with van der Waals surface area (Å²) in [5.74, 6) is -2.21. The van der Waals surface area contributed by atoms with Gasteiger partial charge in [0.15, 0.2) is 5.78 Å². The number of carboxylic acids is 1. The Labute approximate surface area is 200 Å². The Bertz CT molecular complexity index is 1550. The summed E-state index contributed by atoms with van der Waals surface area (Å²) in [5, 5.41) is 13.8. The van der Waals surface area contributed by atoms with Gasteiger partial charge in [-0.05, 0) is 47.5 Å². The average Bonchev–Trinajstić information content (AvgIpc) is 3.26. The normalized spacial score (nSPS) is 11.9. The maximum atomic E-state index is 12.9. The lowest BCUT2D eigenvalue weighted by molar-refractivity contribution is -0.139. The van der Waals surface area contributed by atoms with Gasteiger partial charge in [0.2, 0.25) is 0 Å². The van der Waals surface area contributed by atoms with Crippen molar-refractivity contribution in [3.05, 3.63) is 108 Å². The molecule has 0 radical (unpaired) electrons. The first-order valence-electron chi connectivity index (χ1n) is 11.1. The van der Waals surface area contributed by atoms with E-state index >= 15 is 0 Å². The maximum absolute atomic E-state index is 12.9. The molecule has 0 saturated carbocycles. The van der Waals surface area contributed by atoms with Crippen molar-refractivity contribution in [2.45, 2.75) is 12.5 Å². The predicted octanol–water partition coefficient (Wildman–Crippen LogP) is 5.71. The molecule has 1 aromatic heterocycles. The van der Waals surface area contributed by atoms with E-state index in [4.69, 9.17) is 4.42 Å². The third-order valence-electron chi connectivity index (χ3n) is 5.95. The minimum atomic E-state index is -1.36. The second-order valence-corrected chi connectivity index (χ2v) is 8.24. The third-order valence-corrected chi connectivity index (χ3v) is 5.95. The first-order chi connectivity index (χ1) is 17.0. The standard InChI is InChI=1S/C29H21NO5/c31-25(21-14-15-27-23(16-21)22-8-4-5-9-26(22)35-27)17-24(29(33)34)30-28(32)20-12-10-19(11-13-20)18-6-2-1-3-7-18/h1-16,24H,17H2,(H,30,32)(H,33,34). The molecule has 1 amide bonds. The van der Waals surface area contributed by atoms with E-state index < -0.39 is 17.9 Å². The number of fused-ring (bicyclic) bond motifs is 3. The van der Waals surface area contributed by atoms with E-state index in [1.165, 1.54) is 0 Å². The summed E-state index contributed by atoms with van der Waals surface area (Å²) in [6.45, 7) is 0. The number of amides is 1. The molecule has 6 nitrogen and oxygen atoms in total. The molecule has 0 fully saturated rings. The molecule has 1 heterocycles. The van der Waals surface area contributed by atoms with Crippen molar-refractivity contribution < 1.29 is 23.9 Å². The van der Waals surface area contributed by atoms with Gasteiger partial charge in [-0.2, -0.15) is 0 Å². The number of hydrogen-bond acceptors (Lipinski definition) is 4. The van der Waals surface area contributed by atoms with Crippen molar-refractivity contribution in [3.63, 3.8) is 0 Å². The summed E-state index contributed by atoms with van der Waals surface area (Å²) in [6, 6.07) is 27.7. The van der Waals surface area contributed by atoms with Crippen LogP contribution in [0, 0.1) is 0 Å². The zero-order chi connectivity index (χ0) is 24.4. The number of benzene rings is 4. The second-order valence-electron chi connectivity index (χ2n) is 8.24. The van der Waals surface area contributed by atoms with E-state index in [2.05, 4.69) is 5.32 Å². The fourth-order valence-electron chi connectivity index (χ4n) is 4.09. The van der Waals surface area contributed by atoms with Gasteiger partial charge in [-0.15, -0.1) is 0 Å². The number of carboxylic acid groups (broad SMARTS) is 1. The minimum Gasteiger partial charge on any atom is -0.480 e. The molecule has 0 aliphatic heterocycles. The van der Waals surface area contributed by atoms with E-state index in [0.29, 0.717) is 22.3 Å². The molecule has 0 saturated heterocycles. The van der Waals surface area contributed by atoms with Crippen LogP contribution in [0.1, 0.15) is 27.1 Å². The quantitative estimate of drug-likeness (QED) is 0.302. The Hall–Kier alpha value is -4.71. The van der Waals surface area contributed by atoms with E-state index in [-0.39, 0.29) is 12.2 Å². The molecular weight excluding hydrogens is 442 g/mol. The van der Waals surface area contributed by atoms with Gasteiger partial charge in [0, 0.05) is 28.3 Å². The van der Waals surface area contributed by atoms with Gasteiger partial charge in [0.05, 0.1) is 0 Å². The maximum Gasteiger partial charge on any atom is 0.326 e. The SMILES string of the molecule is O=C(CC(NC(=O)c1ccc(-c2ccccc2)cc1)C(=O)O)c1ccc2oc3ccccc3c2c1. The van der Waals surface area contributed by atoms with Crippen LogP contribution in [0.2, 0.25) is 0 Å². The molecular formula is C29H21NO5. The number of carbonyl (C=O) groups excluding carboxylic acids is 2. The highest BCUT2D eigenvalue weighted by molar-refractivity contribution is 6.09. The number of nitrogens with one attached hydrogen (secondary N) is 1. The van der Waals surface area contributed by atoms with E-state index in [1.54, 1.807) is 42.5 Å². The van der Waals surface area contributed by atoms with Crippen LogP contribution >= 0.6 is 0 Å². The molecule has 0 aliphatic rings. The van der Waals surface area contributed by atoms with Crippen LogP contribution in [0.3, 0.4) is 0 Å². The van der Waals surface area contributed by atoms with Crippen molar-refractivity contribution >= 4 is 39.6 Å². The Kier molecular flexibility index (Phi) is 5.85. The summed E-state index contributed by atoms with van der Waals surface area (Å²) in [7, 11) is 0. The smallest absolute Gasteiger partial charge is 0.326 e. The summed E-state index contributed by atoms with van der Waals surface area (Å²) in [4.78, 5) is 37.5. The van der Waals surface area contributed by atoms with Crippen LogP contribution in [0.15, 0.2) is 101 Å². The number of para-hydroxylation sites is 1. The molecule has 4 aromatic carbocycles. The second kappa shape index (κ2) is 9.27. The number of ketones is 1. The Morgan fingerprint density at radius 2 is 1.34 bits per heavy atom. The zero-order valence-electron chi connectivity index (χ0n) is 18.6. The van der Waals surface area contributed by atoms with Crippen molar-refractivity contribution in [2.24, 2.45) is 0 Å². The average molecular weight is 463 g/mol. The first-order valence-corrected chi connectivity index (χ1v) is 11.1. The molecule has 5 aromatic rings. The van der Waals surface area contributed by atoms with Crippen LogP contribution in [-0.4, -0.2) is 28.8 Å². The number of carbonyl (C=O) groups is 3. The van der Waals surface area contributed by atoms with E-state index in [1.807, 2.05) is 54.6 Å². The lowest BCUT2D eigenvalue weighted by Crippen LogP contribution is -2.42. The van der Waals surface area contributed by atoms with Crippen molar-refractivity contribution in [1.29, 1.82) is 0 Å². The van der Waals surface area contributed by atoms with Crippen LogP contribution in [0.25, 0.3) is 33.1 Å². The van der Waals surface area contributed by atoms with E-state index in [0.717, 1.165) is 21.9 Å². The van der Waals surface area contributed by atoms with Crippen molar-refractivity contribution in [2.75, 3.05) is 0 Å². The first kappa shape index (κ1) is 22.1. The number of aliphatic carboxylic acids is 1. The van der Waals surface area contributed by atoms with Crippen LogP contribution in [-0.2, 0) is 4.79 Å². The lowest BCUT2D eigenvalue weighted by atomic mass is 10.0. The van der Waals surface area contributed by atoms with Crippen LogP contribution in [0.4, 0.5) is 0 Å². The molecule has 1 unspecified atom stereocenters. The monoisotopic (exact) mass is 463 g/mol. The highest BCUT2D eigenvalue weighted by atomic mass is 16.4. The number of rotatable bonds is 7. The minimum absolute atomic E-state index is 0.315. The molecule has 1 atom stereocenters. The molecule has 0 bridgehead atoms. The van der Waals surface area contributed by atoms with Crippen LogP contribution < -0.4 is 5.32 Å². The highest BCUT2D eigenvalue weighted by Gasteiger charge is 2.25. The molecule has 5 rings (SSSR count). The summed E-state index contributed by atoms with van der Waals surface area (Å²) in [5.41, 5.74) is 3.97. The van der Waals surface area contributed by atoms with Crippen LogP contribution in [0.5, 0.6) is 0 Å². The molecule has 0 aliphatic carbocycles. The molecule has 172 valence electrons.